The lowest BCUT2D eigenvalue weighted by atomic mass is 9.76. The second-order valence-electron chi connectivity index (χ2n) is 9.96. The first kappa shape index (κ1) is 25.4. The minimum atomic E-state index is -0.439. The number of hydrogen-bond donors (Lipinski definition) is 0. The predicted octanol–water partition coefficient (Wildman–Crippen LogP) is 7.03. The summed E-state index contributed by atoms with van der Waals surface area (Å²) in [4.78, 5) is 14.9. The van der Waals surface area contributed by atoms with E-state index in [2.05, 4.69) is 69.9 Å². The van der Waals surface area contributed by atoms with Gasteiger partial charge in [-0.05, 0) is 41.7 Å². The van der Waals surface area contributed by atoms with Gasteiger partial charge in [-0.25, -0.2) is 0 Å². The van der Waals surface area contributed by atoms with Crippen molar-refractivity contribution in [2.24, 2.45) is 0 Å². The van der Waals surface area contributed by atoms with Crippen molar-refractivity contribution >= 4 is 5.69 Å². The molecule has 0 aliphatic heterocycles. The topological polar surface area (TPSA) is 91.3 Å². The molecule has 3 rings (SSSR count). The van der Waals surface area contributed by atoms with Crippen molar-refractivity contribution < 1.29 is 14.2 Å². The third-order valence-electron chi connectivity index (χ3n) is 6.83. The minimum Gasteiger partial charge on any atom is -0.493 e. The Morgan fingerprint density at radius 2 is 1.76 bits per heavy atom. The van der Waals surface area contributed by atoms with Gasteiger partial charge in [0.05, 0.1) is 11.5 Å². The lowest BCUT2D eigenvalue weighted by Crippen LogP contribution is -2.21. The van der Waals surface area contributed by atoms with Gasteiger partial charge in [0, 0.05) is 29.7 Å². The fraction of sp³-hybridized carbons (Fsp3) is 0.481. The molecule has 1 heterocycles. The van der Waals surface area contributed by atoms with E-state index in [1.807, 2.05) is 0 Å². The van der Waals surface area contributed by atoms with E-state index in [-0.39, 0.29) is 16.5 Å². The number of aryl methyl sites for hydroxylation is 1. The van der Waals surface area contributed by atoms with Crippen LogP contribution in [0.1, 0.15) is 77.8 Å². The summed E-state index contributed by atoms with van der Waals surface area (Å²) >= 11 is 0. The Hall–Kier alpha value is -3.22. The van der Waals surface area contributed by atoms with Gasteiger partial charge in [0.1, 0.15) is 5.75 Å². The molecule has 0 fully saturated rings. The monoisotopic (exact) mass is 465 g/mol. The lowest BCUT2D eigenvalue weighted by molar-refractivity contribution is -0.384. The first-order valence-electron chi connectivity index (χ1n) is 11.9. The highest BCUT2D eigenvalue weighted by molar-refractivity contribution is 5.58. The van der Waals surface area contributed by atoms with Gasteiger partial charge in [0.25, 0.3) is 5.69 Å². The number of non-ortho nitro benzene ring substituents is 1. The molecule has 0 spiro atoms. The number of nitro benzene ring substituents is 1. The van der Waals surface area contributed by atoms with Crippen LogP contribution in [0.3, 0.4) is 0 Å². The third-order valence-corrected chi connectivity index (χ3v) is 6.83. The number of ether oxygens (including phenoxy) is 1. The van der Waals surface area contributed by atoms with E-state index in [0.29, 0.717) is 36.7 Å². The predicted molar refractivity (Wildman–Crippen MR) is 133 cm³/mol. The quantitative estimate of drug-likeness (QED) is 0.171. The molecule has 0 atom stereocenters. The van der Waals surface area contributed by atoms with Crippen molar-refractivity contribution in [1.82, 2.24) is 10.1 Å². The van der Waals surface area contributed by atoms with E-state index in [4.69, 9.17) is 9.26 Å². The first-order chi connectivity index (χ1) is 16.1. The summed E-state index contributed by atoms with van der Waals surface area (Å²) in [5.41, 5.74) is 3.25. The number of hydrogen-bond acceptors (Lipinski definition) is 6. The van der Waals surface area contributed by atoms with E-state index >= 15 is 0 Å². The molecule has 7 heteroatoms. The van der Waals surface area contributed by atoms with Crippen LogP contribution in [0.25, 0.3) is 11.4 Å². The second kappa shape index (κ2) is 10.4. The highest BCUT2D eigenvalue weighted by Gasteiger charge is 2.26. The molecule has 0 bridgehead atoms. The molecule has 0 radical (unpaired) electrons. The Kier molecular flexibility index (Phi) is 7.75. The Balaban J connectivity index is 1.66. The summed E-state index contributed by atoms with van der Waals surface area (Å²) in [5.74, 6) is 1.75. The van der Waals surface area contributed by atoms with Crippen molar-refractivity contribution in [3.8, 4) is 17.1 Å². The number of benzene rings is 2. The van der Waals surface area contributed by atoms with Gasteiger partial charge in [0.2, 0.25) is 11.7 Å². The zero-order chi connectivity index (χ0) is 24.9. The van der Waals surface area contributed by atoms with E-state index in [1.54, 1.807) is 12.1 Å². The van der Waals surface area contributed by atoms with Gasteiger partial charge in [-0.1, -0.05) is 71.0 Å². The van der Waals surface area contributed by atoms with Crippen molar-refractivity contribution in [3.05, 3.63) is 69.6 Å². The van der Waals surface area contributed by atoms with Gasteiger partial charge in [-0.2, -0.15) is 4.98 Å². The molecule has 182 valence electrons. The fourth-order valence-corrected chi connectivity index (χ4v) is 3.64. The van der Waals surface area contributed by atoms with Crippen LogP contribution in [0.5, 0.6) is 5.75 Å². The van der Waals surface area contributed by atoms with E-state index < -0.39 is 4.92 Å². The van der Waals surface area contributed by atoms with Crippen LogP contribution in [-0.2, 0) is 17.3 Å². The molecule has 1 aromatic heterocycles. The molecule has 0 amide bonds. The zero-order valence-electron chi connectivity index (χ0n) is 21.1. The molecule has 0 unspecified atom stereocenters. The van der Waals surface area contributed by atoms with Crippen molar-refractivity contribution in [2.75, 3.05) is 6.61 Å². The largest absolute Gasteiger partial charge is 0.493 e. The van der Waals surface area contributed by atoms with E-state index in [1.165, 1.54) is 23.3 Å². The van der Waals surface area contributed by atoms with Crippen LogP contribution in [0.4, 0.5) is 5.69 Å². The average Bonchev–Trinajstić information content (AvgIpc) is 3.31. The van der Waals surface area contributed by atoms with Crippen molar-refractivity contribution in [2.45, 2.75) is 78.1 Å². The summed E-state index contributed by atoms with van der Waals surface area (Å²) in [6, 6.07) is 12.8. The van der Waals surface area contributed by atoms with E-state index in [9.17, 15) is 10.1 Å². The van der Waals surface area contributed by atoms with Gasteiger partial charge < -0.3 is 9.26 Å². The lowest BCUT2D eigenvalue weighted by Gasteiger charge is -2.30. The van der Waals surface area contributed by atoms with Crippen LogP contribution in [0, 0.1) is 10.1 Å². The first-order valence-corrected chi connectivity index (χ1v) is 11.9. The molecular weight excluding hydrogens is 430 g/mol. The van der Waals surface area contributed by atoms with Crippen LogP contribution in [0.15, 0.2) is 47.0 Å². The van der Waals surface area contributed by atoms with Crippen molar-refractivity contribution in [1.29, 1.82) is 0 Å². The van der Waals surface area contributed by atoms with Gasteiger partial charge in [0.15, 0.2) is 0 Å². The van der Waals surface area contributed by atoms with Crippen LogP contribution < -0.4 is 4.74 Å². The Morgan fingerprint density at radius 3 is 2.44 bits per heavy atom. The molecule has 7 nitrogen and oxygen atoms in total. The maximum Gasteiger partial charge on any atom is 0.270 e. The summed E-state index contributed by atoms with van der Waals surface area (Å²) in [6.45, 7) is 14.0. The maximum atomic E-state index is 11.0. The Bertz CT molecular complexity index is 1130. The normalized spacial score (nSPS) is 12.1. The highest BCUT2D eigenvalue weighted by atomic mass is 16.6. The molecular formula is C27H35N3O4. The average molecular weight is 466 g/mol. The molecule has 0 aliphatic carbocycles. The third kappa shape index (κ3) is 5.82. The number of rotatable bonds is 11. The van der Waals surface area contributed by atoms with Gasteiger partial charge >= 0.3 is 0 Å². The van der Waals surface area contributed by atoms with Gasteiger partial charge in [-0.3, -0.25) is 10.1 Å². The molecule has 0 N–H and O–H groups in total. The SMILES string of the molecule is CCC(C)(C)c1ccc(OCCCc2nc(-c3cccc([N+](=O)[O-])c3)no2)c(C(C)(C)CC)c1. The van der Waals surface area contributed by atoms with Crippen LogP contribution in [-0.4, -0.2) is 21.7 Å². The Labute approximate surface area is 201 Å². The number of nitro groups is 1. The summed E-state index contributed by atoms with van der Waals surface area (Å²) < 4.78 is 11.6. The summed E-state index contributed by atoms with van der Waals surface area (Å²) in [6.07, 6.45) is 3.36. The number of nitrogens with zero attached hydrogens (tertiary/aromatic N) is 3. The maximum absolute atomic E-state index is 11.0. The smallest absolute Gasteiger partial charge is 0.270 e. The molecule has 34 heavy (non-hydrogen) atoms. The molecule has 3 aromatic rings. The minimum absolute atomic E-state index is 0.00333. The van der Waals surface area contributed by atoms with Crippen LogP contribution in [0.2, 0.25) is 0 Å². The molecule has 0 saturated heterocycles. The Morgan fingerprint density at radius 1 is 1.03 bits per heavy atom. The van der Waals surface area contributed by atoms with E-state index in [0.717, 1.165) is 18.6 Å². The number of aromatic nitrogens is 2. The molecule has 0 saturated carbocycles. The molecule has 0 aliphatic rings. The highest BCUT2D eigenvalue weighted by Crippen LogP contribution is 2.38. The summed E-state index contributed by atoms with van der Waals surface area (Å²) in [5, 5.41) is 15.0. The fourth-order valence-electron chi connectivity index (χ4n) is 3.64. The van der Waals surface area contributed by atoms with Crippen LogP contribution >= 0.6 is 0 Å². The summed E-state index contributed by atoms with van der Waals surface area (Å²) in [7, 11) is 0. The standard InChI is InChI=1S/C27H35N3O4/c1-7-26(3,4)20-14-15-23(22(18-20)27(5,6)8-2)33-16-10-13-24-28-25(29-34-24)19-11-9-12-21(17-19)30(31)32/h9,11-12,14-15,17-18H,7-8,10,13,16H2,1-6H3. The zero-order valence-corrected chi connectivity index (χ0v) is 21.1. The molecule has 2 aromatic carbocycles. The van der Waals surface area contributed by atoms with Gasteiger partial charge in [-0.15, -0.1) is 0 Å². The second-order valence-corrected chi connectivity index (χ2v) is 9.96. The van der Waals surface area contributed by atoms with Crippen molar-refractivity contribution in [3.63, 3.8) is 0 Å².